The second-order valence-corrected chi connectivity index (χ2v) is 9.28. The SMILES string of the molecule is CN(C)c1ncc(CN2CC[C@@H]3[C@@H](CCCCc4ccccc4OCC(=O)N3C)C2)cn1. The fourth-order valence-corrected chi connectivity index (χ4v) is 4.95. The van der Waals surface area contributed by atoms with Gasteiger partial charge in [-0.1, -0.05) is 24.6 Å². The third-order valence-electron chi connectivity index (χ3n) is 6.76. The van der Waals surface area contributed by atoms with Gasteiger partial charge in [-0.05, 0) is 43.2 Å². The maximum atomic E-state index is 12.9. The number of hydrogen-bond donors (Lipinski definition) is 0. The first-order valence-corrected chi connectivity index (χ1v) is 11.7. The fraction of sp³-hybridized carbons (Fsp3) is 0.560. The van der Waals surface area contributed by atoms with Gasteiger partial charge < -0.3 is 14.5 Å². The Balaban J connectivity index is 1.43. The highest BCUT2D eigenvalue weighted by atomic mass is 16.5. The number of likely N-dealkylation sites (tertiary alicyclic amines) is 1. The monoisotopic (exact) mass is 437 g/mol. The van der Waals surface area contributed by atoms with E-state index in [1.54, 1.807) is 0 Å². The van der Waals surface area contributed by atoms with E-state index in [9.17, 15) is 4.79 Å². The molecule has 2 atom stereocenters. The van der Waals surface area contributed by atoms with Gasteiger partial charge in [0.25, 0.3) is 5.91 Å². The van der Waals surface area contributed by atoms with Crippen LogP contribution in [0.5, 0.6) is 5.75 Å². The van der Waals surface area contributed by atoms with Crippen LogP contribution in [0.15, 0.2) is 36.7 Å². The van der Waals surface area contributed by atoms with E-state index < -0.39 is 0 Å². The van der Waals surface area contributed by atoms with Crippen LogP contribution >= 0.6 is 0 Å². The third-order valence-corrected chi connectivity index (χ3v) is 6.76. The summed E-state index contributed by atoms with van der Waals surface area (Å²) in [5.41, 5.74) is 2.34. The van der Waals surface area contributed by atoms with Crippen LogP contribution in [-0.2, 0) is 17.8 Å². The number of amides is 1. The van der Waals surface area contributed by atoms with Gasteiger partial charge >= 0.3 is 0 Å². The molecule has 0 saturated carbocycles. The summed E-state index contributed by atoms with van der Waals surface area (Å²) in [6.45, 7) is 2.92. The second-order valence-electron chi connectivity index (χ2n) is 9.28. The average Bonchev–Trinajstić information content (AvgIpc) is 2.80. The summed E-state index contributed by atoms with van der Waals surface area (Å²) in [5, 5.41) is 0. The molecular weight excluding hydrogens is 402 g/mol. The first-order chi connectivity index (χ1) is 15.5. The molecule has 0 aliphatic carbocycles. The van der Waals surface area contributed by atoms with Crippen molar-refractivity contribution in [3.63, 3.8) is 0 Å². The highest BCUT2D eigenvalue weighted by Crippen LogP contribution is 2.29. The predicted octanol–water partition coefficient (Wildman–Crippen LogP) is 3.00. The molecule has 2 aliphatic heterocycles. The van der Waals surface area contributed by atoms with Crippen molar-refractivity contribution in [2.24, 2.45) is 5.92 Å². The Hall–Kier alpha value is -2.67. The number of benzene rings is 1. The number of nitrogens with zero attached hydrogens (tertiary/aromatic N) is 5. The smallest absolute Gasteiger partial charge is 0.260 e. The largest absolute Gasteiger partial charge is 0.483 e. The minimum atomic E-state index is 0.0662. The number of piperidine rings is 1. The highest BCUT2D eigenvalue weighted by molar-refractivity contribution is 5.78. The van der Waals surface area contributed by atoms with E-state index in [-0.39, 0.29) is 18.6 Å². The number of rotatable bonds is 3. The van der Waals surface area contributed by atoms with E-state index in [2.05, 4.69) is 20.9 Å². The summed E-state index contributed by atoms with van der Waals surface area (Å²) in [6.07, 6.45) is 9.28. The number of anilines is 1. The van der Waals surface area contributed by atoms with E-state index in [0.717, 1.165) is 69.0 Å². The molecule has 0 unspecified atom stereocenters. The Morgan fingerprint density at radius 3 is 2.69 bits per heavy atom. The summed E-state index contributed by atoms with van der Waals surface area (Å²) < 4.78 is 5.93. The van der Waals surface area contributed by atoms with Crippen LogP contribution in [0.1, 0.15) is 36.8 Å². The van der Waals surface area contributed by atoms with Crippen molar-refractivity contribution in [3.05, 3.63) is 47.8 Å². The number of ether oxygens (including phenoxy) is 1. The number of likely N-dealkylation sites (N-methyl/N-ethyl adjacent to an activating group) is 1. The fourth-order valence-electron chi connectivity index (χ4n) is 4.95. The Morgan fingerprint density at radius 1 is 1.12 bits per heavy atom. The maximum absolute atomic E-state index is 12.9. The molecule has 3 heterocycles. The van der Waals surface area contributed by atoms with Crippen molar-refractivity contribution in [3.8, 4) is 5.75 Å². The van der Waals surface area contributed by atoms with E-state index in [1.807, 2.05) is 61.5 Å². The van der Waals surface area contributed by atoms with Gasteiger partial charge in [-0.25, -0.2) is 9.97 Å². The zero-order chi connectivity index (χ0) is 22.5. The number of hydrogen-bond acceptors (Lipinski definition) is 6. The quantitative estimate of drug-likeness (QED) is 0.736. The number of carbonyl (C=O) groups is 1. The minimum Gasteiger partial charge on any atom is -0.483 e. The van der Waals surface area contributed by atoms with Crippen molar-refractivity contribution in [1.29, 1.82) is 0 Å². The molecule has 1 fully saturated rings. The summed E-state index contributed by atoms with van der Waals surface area (Å²) in [5.74, 6) is 2.12. The van der Waals surface area contributed by atoms with Gasteiger partial charge in [-0.2, -0.15) is 0 Å². The lowest BCUT2D eigenvalue weighted by Crippen LogP contribution is -2.52. The number of aromatic nitrogens is 2. The van der Waals surface area contributed by atoms with Crippen LogP contribution in [0.25, 0.3) is 0 Å². The van der Waals surface area contributed by atoms with Crippen molar-refractivity contribution >= 4 is 11.9 Å². The van der Waals surface area contributed by atoms with E-state index >= 15 is 0 Å². The Bertz CT molecular complexity index is 901. The number of carbonyl (C=O) groups excluding carboxylic acids is 1. The zero-order valence-corrected chi connectivity index (χ0v) is 19.5. The molecule has 7 heteroatoms. The van der Waals surface area contributed by atoms with Crippen LogP contribution in [0.3, 0.4) is 0 Å². The van der Waals surface area contributed by atoms with Crippen LogP contribution in [0.2, 0.25) is 0 Å². The third kappa shape index (κ3) is 5.38. The van der Waals surface area contributed by atoms with Gasteiger partial charge in [0.05, 0.1) is 0 Å². The number of aryl methyl sites for hydroxylation is 1. The van der Waals surface area contributed by atoms with Gasteiger partial charge in [0.15, 0.2) is 6.61 Å². The average molecular weight is 438 g/mol. The van der Waals surface area contributed by atoms with Crippen LogP contribution < -0.4 is 9.64 Å². The van der Waals surface area contributed by atoms with E-state index in [1.165, 1.54) is 5.56 Å². The number of para-hydroxylation sites is 1. The summed E-state index contributed by atoms with van der Waals surface area (Å²) in [4.78, 5) is 28.2. The Kier molecular flexibility index (Phi) is 7.25. The molecule has 4 rings (SSSR count). The lowest BCUT2D eigenvalue weighted by molar-refractivity contribution is -0.136. The van der Waals surface area contributed by atoms with Crippen molar-refractivity contribution < 1.29 is 9.53 Å². The van der Waals surface area contributed by atoms with Gasteiger partial charge in [0, 0.05) is 64.8 Å². The maximum Gasteiger partial charge on any atom is 0.260 e. The second kappa shape index (κ2) is 10.3. The van der Waals surface area contributed by atoms with Crippen LogP contribution in [0.4, 0.5) is 5.95 Å². The van der Waals surface area contributed by atoms with Gasteiger partial charge in [0.2, 0.25) is 5.95 Å². The molecule has 1 amide bonds. The Morgan fingerprint density at radius 2 is 1.91 bits per heavy atom. The lowest BCUT2D eigenvalue weighted by atomic mass is 9.86. The molecule has 0 radical (unpaired) electrons. The Labute approximate surface area is 191 Å². The molecule has 1 saturated heterocycles. The van der Waals surface area contributed by atoms with E-state index in [0.29, 0.717) is 5.92 Å². The minimum absolute atomic E-state index is 0.0662. The molecular formula is C25H35N5O2. The van der Waals surface area contributed by atoms with Crippen LogP contribution in [0, 0.1) is 5.92 Å². The molecule has 1 aromatic carbocycles. The molecule has 7 nitrogen and oxygen atoms in total. The predicted molar refractivity (Wildman–Crippen MR) is 126 cm³/mol. The first-order valence-electron chi connectivity index (χ1n) is 11.7. The van der Waals surface area contributed by atoms with E-state index in [4.69, 9.17) is 4.74 Å². The standard InChI is InChI=1S/C25H35N5O2/c1-28(2)25-26-14-19(15-27-25)16-30-13-12-22-21(17-30)10-5-4-8-20-9-6-7-11-23(20)32-18-24(31)29(22)3/h6-7,9,11,14-15,21-22H,4-5,8,10,12-13,16-18H2,1-3H3/t21-,22+/m0/s1. The van der Waals surface area contributed by atoms with Crippen LogP contribution in [-0.4, -0.2) is 72.6 Å². The molecule has 0 bridgehead atoms. The first kappa shape index (κ1) is 22.5. The highest BCUT2D eigenvalue weighted by Gasteiger charge is 2.34. The molecule has 0 N–H and O–H groups in total. The molecule has 1 aromatic heterocycles. The molecule has 2 aliphatic rings. The van der Waals surface area contributed by atoms with Gasteiger partial charge in [-0.15, -0.1) is 0 Å². The molecule has 172 valence electrons. The normalized spacial score (nSPS) is 22.7. The van der Waals surface area contributed by atoms with Crippen molar-refractivity contribution in [1.82, 2.24) is 19.8 Å². The van der Waals surface area contributed by atoms with Gasteiger partial charge in [-0.3, -0.25) is 9.69 Å². The summed E-state index contributed by atoms with van der Waals surface area (Å²) in [6, 6.07) is 8.38. The molecule has 0 spiro atoms. The lowest BCUT2D eigenvalue weighted by Gasteiger charge is -2.43. The topological polar surface area (TPSA) is 61.8 Å². The molecule has 2 aromatic rings. The number of fused-ring (bicyclic) bond motifs is 2. The van der Waals surface area contributed by atoms with Crippen molar-refractivity contribution in [2.45, 2.75) is 44.7 Å². The molecule has 32 heavy (non-hydrogen) atoms. The summed E-state index contributed by atoms with van der Waals surface area (Å²) >= 11 is 0. The van der Waals surface area contributed by atoms with Gasteiger partial charge in [0.1, 0.15) is 5.75 Å². The zero-order valence-electron chi connectivity index (χ0n) is 19.5. The summed E-state index contributed by atoms with van der Waals surface area (Å²) in [7, 11) is 5.85. The van der Waals surface area contributed by atoms with Crippen molar-refractivity contribution in [2.75, 3.05) is 45.7 Å².